The minimum absolute atomic E-state index is 0.0826. The van der Waals surface area contributed by atoms with Crippen molar-refractivity contribution in [2.45, 2.75) is 26.7 Å². The molecule has 0 unspecified atom stereocenters. The van der Waals surface area contributed by atoms with Crippen LogP contribution in [0.1, 0.15) is 37.0 Å². The highest BCUT2D eigenvalue weighted by molar-refractivity contribution is 5.95. The summed E-state index contributed by atoms with van der Waals surface area (Å²) in [6.07, 6.45) is 0.984. The first-order valence-electron chi connectivity index (χ1n) is 7.01. The van der Waals surface area contributed by atoms with Crippen molar-refractivity contribution < 1.29 is 14.0 Å². The minimum atomic E-state index is -0.626. The van der Waals surface area contributed by atoms with Crippen molar-refractivity contribution in [1.29, 1.82) is 0 Å². The first-order chi connectivity index (χ1) is 9.93. The summed E-state index contributed by atoms with van der Waals surface area (Å²) < 4.78 is 13.9. The van der Waals surface area contributed by atoms with Crippen molar-refractivity contribution in [3.8, 4) is 0 Å². The number of anilines is 1. The van der Waals surface area contributed by atoms with E-state index in [2.05, 4.69) is 10.6 Å². The molecule has 0 saturated heterocycles. The van der Waals surface area contributed by atoms with Gasteiger partial charge in [-0.3, -0.25) is 9.59 Å². The number of nitrogens with two attached hydrogens (primary N) is 1. The van der Waals surface area contributed by atoms with E-state index in [1.165, 1.54) is 12.1 Å². The van der Waals surface area contributed by atoms with Gasteiger partial charge in [0.2, 0.25) is 5.91 Å². The number of hydrogen-bond donors (Lipinski definition) is 3. The molecule has 0 aliphatic heterocycles. The second kappa shape index (κ2) is 8.36. The average molecular weight is 295 g/mol. The van der Waals surface area contributed by atoms with E-state index in [0.29, 0.717) is 25.9 Å². The fourth-order valence-corrected chi connectivity index (χ4v) is 1.74. The van der Waals surface area contributed by atoms with E-state index >= 15 is 0 Å². The number of hydrogen-bond acceptors (Lipinski definition) is 3. The molecule has 6 heteroatoms. The van der Waals surface area contributed by atoms with Crippen LogP contribution in [0, 0.1) is 11.7 Å². The van der Waals surface area contributed by atoms with Gasteiger partial charge in [-0.2, -0.15) is 0 Å². The van der Waals surface area contributed by atoms with E-state index in [1.54, 1.807) is 0 Å². The number of rotatable bonds is 7. The van der Waals surface area contributed by atoms with Crippen molar-refractivity contribution >= 4 is 17.5 Å². The van der Waals surface area contributed by atoms with Crippen LogP contribution in [0.2, 0.25) is 0 Å². The van der Waals surface area contributed by atoms with Crippen LogP contribution in [0.15, 0.2) is 18.2 Å². The average Bonchev–Trinajstić information content (AvgIpc) is 2.40. The van der Waals surface area contributed by atoms with Gasteiger partial charge in [0.25, 0.3) is 5.91 Å². The third-order valence-corrected chi connectivity index (χ3v) is 2.77. The van der Waals surface area contributed by atoms with Crippen LogP contribution in [0.5, 0.6) is 0 Å². The zero-order chi connectivity index (χ0) is 15.8. The van der Waals surface area contributed by atoms with E-state index in [-0.39, 0.29) is 29.0 Å². The molecule has 1 aromatic rings. The molecule has 5 nitrogen and oxygen atoms in total. The molecule has 0 fully saturated rings. The molecule has 0 radical (unpaired) electrons. The normalized spacial score (nSPS) is 10.5. The van der Waals surface area contributed by atoms with Gasteiger partial charge in [-0.05, 0) is 37.1 Å². The lowest BCUT2D eigenvalue weighted by atomic mass is 10.1. The molecule has 0 aliphatic carbocycles. The zero-order valence-corrected chi connectivity index (χ0v) is 12.4. The maximum Gasteiger partial charge on any atom is 0.251 e. The molecule has 0 aromatic heterocycles. The van der Waals surface area contributed by atoms with Crippen LogP contribution in [0.4, 0.5) is 10.1 Å². The molecule has 4 N–H and O–H groups in total. The van der Waals surface area contributed by atoms with Gasteiger partial charge in [-0.15, -0.1) is 0 Å². The van der Waals surface area contributed by atoms with Gasteiger partial charge in [-0.1, -0.05) is 13.8 Å². The Kier molecular flexibility index (Phi) is 6.81. The van der Waals surface area contributed by atoms with Crippen LogP contribution in [0.25, 0.3) is 0 Å². The fraction of sp³-hybridized carbons (Fsp3) is 0.467. The Bertz CT molecular complexity index is 504. The number of carbonyl (C=O) groups is 2. The highest BCUT2D eigenvalue weighted by Gasteiger charge is 2.12. The predicted octanol–water partition coefficient (Wildman–Crippen LogP) is 1.89. The second-order valence-corrected chi connectivity index (χ2v) is 5.24. The molecular formula is C15H22FN3O2. The largest absolute Gasteiger partial charge is 0.352 e. The molecule has 0 spiro atoms. The molecule has 21 heavy (non-hydrogen) atoms. The Balaban J connectivity index is 2.67. The molecule has 1 rings (SSSR count). The van der Waals surface area contributed by atoms with Gasteiger partial charge in [-0.25, -0.2) is 4.39 Å². The molecule has 2 amide bonds. The summed E-state index contributed by atoms with van der Waals surface area (Å²) in [5.74, 6) is -1.04. The van der Waals surface area contributed by atoms with Crippen LogP contribution in [-0.2, 0) is 4.79 Å². The first kappa shape index (κ1) is 17.1. The quantitative estimate of drug-likeness (QED) is 0.672. The molecule has 1 aromatic carbocycles. The maximum absolute atomic E-state index is 13.9. The first-order valence-corrected chi connectivity index (χ1v) is 7.01. The lowest BCUT2D eigenvalue weighted by Crippen LogP contribution is -2.26. The number of benzene rings is 1. The number of nitrogens with one attached hydrogen (secondary N) is 2. The lowest BCUT2D eigenvalue weighted by Gasteiger charge is -2.09. The molecule has 0 saturated carbocycles. The van der Waals surface area contributed by atoms with Crippen LogP contribution < -0.4 is 16.4 Å². The smallest absolute Gasteiger partial charge is 0.251 e. The highest BCUT2D eigenvalue weighted by atomic mass is 19.1. The number of carbonyl (C=O) groups excluding carboxylic acids is 2. The van der Waals surface area contributed by atoms with Gasteiger partial charge in [0.05, 0.1) is 5.69 Å². The Labute approximate surface area is 124 Å². The summed E-state index contributed by atoms with van der Waals surface area (Å²) in [4.78, 5) is 23.3. The molecular weight excluding hydrogens is 273 g/mol. The topological polar surface area (TPSA) is 84.2 Å². The van der Waals surface area contributed by atoms with Gasteiger partial charge < -0.3 is 16.4 Å². The van der Waals surface area contributed by atoms with Crippen LogP contribution >= 0.6 is 0 Å². The highest BCUT2D eigenvalue weighted by Crippen LogP contribution is 2.16. The SMILES string of the molecule is CC(C)CC(=O)Nc1ccc(C(=O)NCCCN)cc1F. The number of halogens is 1. The summed E-state index contributed by atoms with van der Waals surface area (Å²) >= 11 is 0. The Hall–Kier alpha value is -1.95. The molecule has 0 heterocycles. The summed E-state index contributed by atoms with van der Waals surface area (Å²) in [7, 11) is 0. The predicted molar refractivity (Wildman–Crippen MR) is 80.5 cm³/mol. The number of amides is 2. The Morgan fingerprint density at radius 1 is 1.33 bits per heavy atom. The van der Waals surface area contributed by atoms with E-state index < -0.39 is 5.82 Å². The van der Waals surface area contributed by atoms with Gasteiger partial charge in [0.1, 0.15) is 5.82 Å². The zero-order valence-electron chi connectivity index (χ0n) is 12.4. The summed E-state index contributed by atoms with van der Waals surface area (Å²) in [5.41, 5.74) is 5.62. The molecule has 0 bridgehead atoms. The van der Waals surface area contributed by atoms with Crippen molar-refractivity contribution in [3.63, 3.8) is 0 Å². The minimum Gasteiger partial charge on any atom is -0.352 e. The monoisotopic (exact) mass is 295 g/mol. The fourth-order valence-electron chi connectivity index (χ4n) is 1.74. The van der Waals surface area contributed by atoms with E-state index in [9.17, 15) is 14.0 Å². The summed E-state index contributed by atoms with van der Waals surface area (Å²) in [5, 5.41) is 5.14. The Morgan fingerprint density at radius 2 is 2.05 bits per heavy atom. The molecule has 0 atom stereocenters. The molecule has 116 valence electrons. The van der Waals surface area contributed by atoms with E-state index in [1.807, 2.05) is 13.8 Å². The maximum atomic E-state index is 13.9. The van der Waals surface area contributed by atoms with Crippen LogP contribution in [0.3, 0.4) is 0 Å². The second-order valence-electron chi connectivity index (χ2n) is 5.24. The van der Waals surface area contributed by atoms with E-state index in [4.69, 9.17) is 5.73 Å². The Morgan fingerprint density at radius 3 is 2.62 bits per heavy atom. The third kappa shape index (κ3) is 5.91. The van der Waals surface area contributed by atoms with Gasteiger partial charge in [0, 0.05) is 18.5 Å². The lowest BCUT2D eigenvalue weighted by molar-refractivity contribution is -0.116. The molecule has 0 aliphatic rings. The standard InChI is InChI=1S/C15H22FN3O2/c1-10(2)8-14(20)19-13-5-4-11(9-12(13)16)15(21)18-7-3-6-17/h4-5,9-10H,3,6-8,17H2,1-2H3,(H,18,21)(H,19,20). The van der Waals surface area contributed by atoms with Crippen molar-refractivity contribution in [3.05, 3.63) is 29.6 Å². The van der Waals surface area contributed by atoms with Crippen molar-refractivity contribution in [2.75, 3.05) is 18.4 Å². The van der Waals surface area contributed by atoms with Crippen LogP contribution in [-0.4, -0.2) is 24.9 Å². The summed E-state index contributed by atoms with van der Waals surface area (Å²) in [6.45, 7) is 4.74. The third-order valence-electron chi connectivity index (χ3n) is 2.77. The van der Waals surface area contributed by atoms with Crippen molar-refractivity contribution in [2.24, 2.45) is 11.7 Å². The summed E-state index contributed by atoms with van der Waals surface area (Å²) in [6, 6.07) is 3.99. The van der Waals surface area contributed by atoms with Gasteiger partial charge in [0.15, 0.2) is 0 Å². The van der Waals surface area contributed by atoms with Gasteiger partial charge >= 0.3 is 0 Å². The van der Waals surface area contributed by atoms with Crippen molar-refractivity contribution in [1.82, 2.24) is 5.32 Å². The van der Waals surface area contributed by atoms with E-state index in [0.717, 1.165) is 6.07 Å².